The summed E-state index contributed by atoms with van der Waals surface area (Å²) in [7, 11) is 0. The van der Waals surface area contributed by atoms with E-state index in [4.69, 9.17) is 18.9 Å². The molecule has 4 aliphatic heterocycles. The molecule has 2 N–H and O–H groups in total. The highest BCUT2D eigenvalue weighted by molar-refractivity contribution is 5.90. The van der Waals surface area contributed by atoms with E-state index in [1.165, 1.54) is 0 Å². The lowest BCUT2D eigenvalue weighted by molar-refractivity contribution is -0.278. The summed E-state index contributed by atoms with van der Waals surface area (Å²) in [5, 5.41) is 12.3. The van der Waals surface area contributed by atoms with E-state index >= 15 is 0 Å². The number of carbonyl (C=O) groups is 2. The normalized spacial score (nSPS) is 26.2. The van der Waals surface area contributed by atoms with Crippen molar-refractivity contribution < 1.29 is 46.8 Å². The van der Waals surface area contributed by atoms with Crippen LogP contribution in [0.15, 0.2) is 72.8 Å². The van der Waals surface area contributed by atoms with Crippen LogP contribution in [0.25, 0.3) is 11.1 Å². The molecule has 284 valence electrons. The molecule has 2 amide bonds. The quantitative estimate of drug-likeness (QED) is 0.291. The Morgan fingerprint density at radius 2 is 1.58 bits per heavy atom. The smallest absolute Gasteiger partial charge is 0.392 e. The molecule has 5 atom stereocenters. The zero-order valence-electron chi connectivity index (χ0n) is 29.7. The lowest BCUT2D eigenvalue weighted by atomic mass is 9.89. The van der Waals surface area contributed by atoms with Gasteiger partial charge in [-0.2, -0.15) is 13.2 Å². The molecule has 4 saturated heterocycles. The molecule has 0 saturated carbocycles. The first kappa shape index (κ1) is 37.5. The minimum absolute atomic E-state index is 0.0315. The van der Waals surface area contributed by atoms with Crippen molar-refractivity contribution >= 4 is 11.8 Å². The molecule has 10 nitrogen and oxygen atoms in total. The second-order valence-electron chi connectivity index (χ2n) is 14.4. The predicted octanol–water partition coefficient (Wildman–Crippen LogP) is 5.65. The SMILES string of the molecule is C[C@@H]1[C@H](CN2CCC3(CC2)OCCO3)O[C@H](c2ccc(-c3cccc(CNC(=O)[C@@H]4CCCN4C(=O)C(F)(F)F)c3)cc2)O[C@@H]1c1ccc(CO)cc1. The number of aliphatic hydroxyl groups is 1. The molecule has 3 aromatic rings. The summed E-state index contributed by atoms with van der Waals surface area (Å²) in [5.74, 6) is -2.98. The van der Waals surface area contributed by atoms with E-state index in [9.17, 15) is 27.9 Å². The van der Waals surface area contributed by atoms with Crippen molar-refractivity contribution in [2.75, 3.05) is 39.4 Å². The van der Waals surface area contributed by atoms with Crippen LogP contribution in [0, 0.1) is 5.92 Å². The van der Waals surface area contributed by atoms with Gasteiger partial charge in [-0.1, -0.05) is 73.7 Å². The van der Waals surface area contributed by atoms with E-state index < -0.39 is 36.1 Å². The molecule has 4 aliphatic rings. The van der Waals surface area contributed by atoms with E-state index in [1.807, 2.05) is 72.8 Å². The highest BCUT2D eigenvalue weighted by atomic mass is 19.4. The zero-order chi connectivity index (χ0) is 37.2. The van der Waals surface area contributed by atoms with Crippen molar-refractivity contribution in [3.8, 4) is 11.1 Å². The number of hydrogen-bond acceptors (Lipinski definition) is 8. The molecular formula is C40H46F3N3O7. The molecule has 4 fully saturated rings. The number of ether oxygens (including phenoxy) is 4. The van der Waals surface area contributed by atoms with Gasteiger partial charge in [0.2, 0.25) is 5.91 Å². The van der Waals surface area contributed by atoms with Crippen LogP contribution in [0.5, 0.6) is 0 Å². The Kier molecular flexibility index (Phi) is 11.2. The number of halogens is 3. The van der Waals surface area contributed by atoms with Crippen LogP contribution in [0.1, 0.15) is 67.3 Å². The van der Waals surface area contributed by atoms with Gasteiger partial charge in [-0.15, -0.1) is 0 Å². The Morgan fingerprint density at radius 3 is 2.26 bits per heavy atom. The van der Waals surface area contributed by atoms with Gasteiger partial charge in [0.15, 0.2) is 12.1 Å². The van der Waals surface area contributed by atoms with Crippen LogP contribution < -0.4 is 5.32 Å². The summed E-state index contributed by atoms with van der Waals surface area (Å²) in [6.45, 7) is 5.86. The Morgan fingerprint density at radius 1 is 0.887 bits per heavy atom. The summed E-state index contributed by atoms with van der Waals surface area (Å²) >= 11 is 0. The maximum atomic E-state index is 13.0. The Bertz CT molecular complexity index is 1720. The van der Waals surface area contributed by atoms with E-state index in [1.54, 1.807) is 0 Å². The Hall–Kier alpha value is -3.85. The minimum Gasteiger partial charge on any atom is -0.392 e. The predicted molar refractivity (Wildman–Crippen MR) is 188 cm³/mol. The monoisotopic (exact) mass is 737 g/mol. The van der Waals surface area contributed by atoms with Crippen molar-refractivity contribution in [2.24, 2.45) is 5.92 Å². The molecule has 3 aromatic carbocycles. The molecule has 0 bridgehead atoms. The Labute approximate surface area is 307 Å². The van der Waals surface area contributed by atoms with Crippen molar-refractivity contribution in [2.45, 2.75) is 82.3 Å². The maximum absolute atomic E-state index is 13.0. The molecule has 0 unspecified atom stereocenters. The number of nitrogens with one attached hydrogen (secondary N) is 1. The van der Waals surface area contributed by atoms with Crippen molar-refractivity contribution in [3.05, 3.63) is 95.1 Å². The second kappa shape index (κ2) is 15.9. The fourth-order valence-electron chi connectivity index (χ4n) is 7.89. The third-order valence-corrected chi connectivity index (χ3v) is 11.0. The number of carbonyl (C=O) groups excluding carboxylic acids is 2. The number of benzene rings is 3. The number of hydrogen-bond donors (Lipinski definition) is 2. The third kappa shape index (κ3) is 8.45. The first-order valence-corrected chi connectivity index (χ1v) is 18.4. The topological polar surface area (TPSA) is 110 Å². The number of amides is 2. The molecule has 0 radical (unpaired) electrons. The largest absolute Gasteiger partial charge is 0.471 e. The van der Waals surface area contributed by atoms with Gasteiger partial charge in [0, 0.05) is 57.0 Å². The third-order valence-electron chi connectivity index (χ3n) is 11.0. The van der Waals surface area contributed by atoms with E-state index in [2.05, 4.69) is 17.1 Å². The van der Waals surface area contributed by atoms with Crippen LogP contribution >= 0.6 is 0 Å². The number of nitrogens with zero attached hydrogens (tertiary/aromatic N) is 2. The highest BCUT2D eigenvalue weighted by Gasteiger charge is 2.48. The van der Waals surface area contributed by atoms with Gasteiger partial charge >= 0.3 is 12.1 Å². The zero-order valence-corrected chi connectivity index (χ0v) is 29.7. The molecule has 53 heavy (non-hydrogen) atoms. The van der Waals surface area contributed by atoms with Gasteiger partial charge in [-0.3, -0.25) is 9.59 Å². The molecule has 1 spiro atoms. The van der Waals surface area contributed by atoms with Gasteiger partial charge in [0.1, 0.15) is 6.04 Å². The van der Waals surface area contributed by atoms with Crippen LogP contribution in [-0.2, 0) is 41.7 Å². The van der Waals surface area contributed by atoms with Gasteiger partial charge < -0.3 is 39.2 Å². The van der Waals surface area contributed by atoms with Gasteiger partial charge in [0.25, 0.3) is 0 Å². The maximum Gasteiger partial charge on any atom is 0.471 e. The Balaban J connectivity index is 1.03. The van der Waals surface area contributed by atoms with Crippen LogP contribution in [0.4, 0.5) is 13.2 Å². The number of likely N-dealkylation sites (tertiary alicyclic amines) is 2. The molecule has 0 aliphatic carbocycles. The van der Waals surface area contributed by atoms with Crippen molar-refractivity contribution in [1.29, 1.82) is 0 Å². The summed E-state index contributed by atoms with van der Waals surface area (Å²) in [6.07, 6.45) is -3.83. The molecule has 0 aromatic heterocycles. The summed E-state index contributed by atoms with van der Waals surface area (Å²) in [5.41, 5.74) is 5.31. The van der Waals surface area contributed by atoms with E-state index in [-0.39, 0.29) is 44.2 Å². The van der Waals surface area contributed by atoms with Gasteiger partial charge in [0.05, 0.1) is 32.0 Å². The summed E-state index contributed by atoms with van der Waals surface area (Å²) in [4.78, 5) is 27.7. The van der Waals surface area contributed by atoms with Crippen molar-refractivity contribution in [3.63, 3.8) is 0 Å². The van der Waals surface area contributed by atoms with Crippen LogP contribution in [0.3, 0.4) is 0 Å². The van der Waals surface area contributed by atoms with E-state index in [0.717, 1.165) is 65.9 Å². The summed E-state index contributed by atoms with van der Waals surface area (Å²) < 4.78 is 64.4. The molecule has 13 heteroatoms. The number of rotatable bonds is 9. The number of aliphatic hydroxyl groups excluding tert-OH is 1. The first-order valence-electron chi connectivity index (χ1n) is 18.4. The summed E-state index contributed by atoms with van der Waals surface area (Å²) in [6, 6.07) is 22.2. The molecule has 7 rings (SSSR count). The fourth-order valence-corrected chi connectivity index (χ4v) is 7.89. The first-order chi connectivity index (χ1) is 25.5. The second-order valence-corrected chi connectivity index (χ2v) is 14.4. The van der Waals surface area contributed by atoms with E-state index in [0.29, 0.717) is 24.5 Å². The highest BCUT2D eigenvalue weighted by Crippen LogP contribution is 2.43. The van der Waals surface area contributed by atoms with Gasteiger partial charge in [-0.25, -0.2) is 0 Å². The van der Waals surface area contributed by atoms with Crippen LogP contribution in [-0.4, -0.2) is 90.2 Å². The standard InChI is InChI=1S/C40H46F3N3O7/c1-26-34(24-45-18-15-39(16-19-45)50-20-21-51-39)52-37(53-35(26)30-9-7-27(25-47)8-10-30)31-13-11-29(12-14-31)32-5-2-4-28(22-32)23-44-36(48)33-6-3-17-46(33)38(49)40(41,42)43/h2,4-5,7-14,22,26,33-35,37,47H,3,6,15-21,23-25H2,1H3,(H,44,48)/t26-,33+,34+,35+,37+/m1/s1. The lowest BCUT2D eigenvalue weighted by Gasteiger charge is -2.44. The van der Waals surface area contributed by atoms with Gasteiger partial charge in [-0.05, 0) is 46.7 Å². The van der Waals surface area contributed by atoms with Crippen LogP contribution in [0.2, 0.25) is 0 Å². The molecule has 4 heterocycles. The molecular weight excluding hydrogens is 691 g/mol. The fraction of sp³-hybridized carbons (Fsp3) is 0.500. The average Bonchev–Trinajstić information content (AvgIpc) is 3.86. The number of alkyl halides is 3. The van der Waals surface area contributed by atoms with Crippen molar-refractivity contribution in [1.82, 2.24) is 15.1 Å². The minimum atomic E-state index is -5.02. The number of piperidine rings is 1. The lowest BCUT2D eigenvalue weighted by Crippen LogP contribution is -2.50. The average molecular weight is 738 g/mol.